The van der Waals surface area contributed by atoms with Crippen LogP contribution in [0.4, 0.5) is 0 Å². The summed E-state index contributed by atoms with van der Waals surface area (Å²) in [6, 6.07) is 71.9. The highest BCUT2D eigenvalue weighted by molar-refractivity contribution is 6.40. The Hall–Kier alpha value is -10.3. The maximum absolute atomic E-state index is 11.4. The second-order valence-corrected chi connectivity index (χ2v) is 17.4. The molecule has 0 atom stereocenters. The van der Waals surface area contributed by atoms with Gasteiger partial charge in [-0.15, -0.1) is 0 Å². The first kappa shape index (κ1) is 38.9. The molecule has 0 aliphatic carbocycles. The average Bonchev–Trinajstić information content (AvgIpc) is 4.17. The van der Waals surface area contributed by atoms with Crippen LogP contribution >= 0.6 is 0 Å². The Morgan fingerprint density at radius 2 is 0.914 bits per heavy atom. The van der Waals surface area contributed by atoms with Crippen LogP contribution in [0.25, 0.3) is 127 Å². The van der Waals surface area contributed by atoms with E-state index in [9.17, 15) is 15.8 Å². The second kappa shape index (κ2) is 14.9. The van der Waals surface area contributed by atoms with Crippen LogP contribution in [0.3, 0.4) is 0 Å². The lowest BCUT2D eigenvalue weighted by molar-refractivity contribution is 0.653. The Morgan fingerprint density at radius 3 is 1.49 bits per heavy atom. The molecular formula is C61H32N8O. The quantitative estimate of drug-likeness (QED) is 0.169. The molecule has 0 saturated carbocycles. The lowest BCUT2D eigenvalue weighted by Gasteiger charge is -2.15. The molecule has 0 radical (unpaired) electrons. The number of benzene rings is 9. The van der Waals surface area contributed by atoms with Crippen LogP contribution in [0.5, 0.6) is 0 Å². The first-order chi connectivity index (χ1) is 34.6. The van der Waals surface area contributed by atoms with Crippen LogP contribution in [0.2, 0.25) is 0 Å². The molecule has 0 N–H and O–H groups in total. The molecule has 9 aromatic carbocycles. The topological polar surface area (TPSA) is 125 Å². The van der Waals surface area contributed by atoms with Crippen molar-refractivity contribution in [2.45, 2.75) is 0 Å². The lowest BCUT2D eigenvalue weighted by atomic mass is 10.0. The molecule has 14 aromatic rings. The van der Waals surface area contributed by atoms with Gasteiger partial charge in [0.15, 0.2) is 5.82 Å². The molecule has 0 unspecified atom stereocenters. The smallest absolute Gasteiger partial charge is 0.231 e. The van der Waals surface area contributed by atoms with Crippen molar-refractivity contribution in [1.29, 1.82) is 15.8 Å². The van der Waals surface area contributed by atoms with Crippen LogP contribution in [0.1, 0.15) is 16.7 Å². The molecule has 14 rings (SSSR count). The fourth-order valence-corrected chi connectivity index (χ4v) is 10.9. The molecule has 5 heterocycles. The van der Waals surface area contributed by atoms with Gasteiger partial charge in [-0.05, 0) is 72.8 Å². The molecular weight excluding hydrogens is 861 g/mol. The molecule has 9 heteroatoms. The van der Waals surface area contributed by atoms with E-state index in [1.165, 1.54) is 0 Å². The predicted octanol–water partition coefficient (Wildman–Crippen LogP) is 14.6. The van der Waals surface area contributed by atoms with Crippen LogP contribution < -0.4 is 0 Å². The zero-order valence-corrected chi connectivity index (χ0v) is 37.0. The number of nitrogens with zero attached hydrogens (tertiary/aromatic N) is 8. The van der Waals surface area contributed by atoms with Crippen molar-refractivity contribution in [2.75, 3.05) is 0 Å². The van der Waals surface area contributed by atoms with Crippen LogP contribution in [-0.2, 0) is 0 Å². The number of hydrogen-bond acceptors (Lipinski definition) is 6. The molecule has 0 aliphatic rings. The Balaban J connectivity index is 1.17. The summed E-state index contributed by atoms with van der Waals surface area (Å²) in [5.74, 6) is 0.519. The summed E-state index contributed by atoms with van der Waals surface area (Å²) < 4.78 is 13.2. The number of aromatic nitrogens is 5. The minimum Gasteiger partial charge on any atom is -0.438 e. The number of nitriles is 3. The van der Waals surface area contributed by atoms with E-state index >= 15 is 0 Å². The van der Waals surface area contributed by atoms with Gasteiger partial charge in [0.05, 0.1) is 78.7 Å². The van der Waals surface area contributed by atoms with Crippen molar-refractivity contribution in [1.82, 2.24) is 23.7 Å². The summed E-state index contributed by atoms with van der Waals surface area (Å²) in [5, 5.41) is 39.6. The third-order valence-corrected chi connectivity index (χ3v) is 13.7. The number of fused-ring (bicyclic) bond motifs is 15. The van der Waals surface area contributed by atoms with Crippen molar-refractivity contribution >= 4 is 87.5 Å². The zero-order chi connectivity index (χ0) is 46.6. The summed E-state index contributed by atoms with van der Waals surface area (Å²) in [6.45, 7) is 0. The molecule has 5 aromatic heterocycles. The van der Waals surface area contributed by atoms with Crippen molar-refractivity contribution in [3.8, 4) is 57.9 Å². The third kappa shape index (κ3) is 5.44. The molecule has 70 heavy (non-hydrogen) atoms. The van der Waals surface area contributed by atoms with E-state index in [-0.39, 0.29) is 0 Å². The van der Waals surface area contributed by atoms with E-state index < -0.39 is 0 Å². The molecule has 322 valence electrons. The van der Waals surface area contributed by atoms with E-state index in [0.717, 1.165) is 98.7 Å². The first-order valence-electron chi connectivity index (χ1n) is 22.8. The number of para-hydroxylation sites is 4. The van der Waals surface area contributed by atoms with Crippen molar-refractivity contribution in [3.63, 3.8) is 0 Å². The molecule has 0 fully saturated rings. The highest BCUT2D eigenvalue weighted by Gasteiger charge is 2.30. The highest BCUT2D eigenvalue weighted by Crippen LogP contribution is 2.51. The largest absolute Gasteiger partial charge is 0.438 e. The van der Waals surface area contributed by atoms with Crippen molar-refractivity contribution in [3.05, 3.63) is 211 Å². The lowest BCUT2D eigenvalue weighted by Crippen LogP contribution is -2.01. The molecule has 0 saturated heterocycles. The molecule has 0 bridgehead atoms. The second-order valence-electron chi connectivity index (χ2n) is 17.4. The molecule has 0 amide bonds. The van der Waals surface area contributed by atoms with Crippen molar-refractivity contribution in [2.24, 2.45) is 0 Å². The minimum absolute atomic E-state index is 0.446. The zero-order valence-electron chi connectivity index (χ0n) is 37.0. The van der Waals surface area contributed by atoms with Gasteiger partial charge in [-0.25, -0.2) is 4.98 Å². The van der Waals surface area contributed by atoms with Crippen molar-refractivity contribution < 1.29 is 4.42 Å². The standard InChI is InChI=1S/C61H32N8O/c62-33-36-14-12-18-41(30-36)67-48-24-8-4-20-43(48)53-57-54(44-21-5-9-25-49(44)68(57)42-19-13-15-37(31-42)34-63)59-55(58(53)67)45-22-6-10-26-50(45)69(59)47-29-28-39(32-40(47)35-64)56-52-46-23-7-11-27-51(46)70-61(52)66-60(65-56)38-16-2-1-3-17-38/h1-32H. The van der Waals surface area contributed by atoms with Crippen LogP contribution in [0, 0.1) is 34.0 Å². The molecule has 0 aliphatic heterocycles. The van der Waals surface area contributed by atoms with Crippen LogP contribution in [0.15, 0.2) is 199 Å². The third-order valence-electron chi connectivity index (χ3n) is 13.7. The van der Waals surface area contributed by atoms with Crippen LogP contribution in [-0.4, -0.2) is 23.7 Å². The van der Waals surface area contributed by atoms with E-state index in [0.29, 0.717) is 45.2 Å². The Labute approximate surface area is 398 Å². The monoisotopic (exact) mass is 892 g/mol. The SMILES string of the molecule is N#Cc1cccc(-n2c3ccccc3c3c2c2c4ccccc4n(-c4ccc(-c5nc(-c6ccccc6)nc6oc7ccccc7c56)cc4C#N)c2c2c4ccccc4n(-c4cccc(C#N)c4)c32)c1. The fourth-order valence-electron chi connectivity index (χ4n) is 10.9. The first-order valence-corrected chi connectivity index (χ1v) is 22.8. The predicted molar refractivity (Wildman–Crippen MR) is 277 cm³/mol. The molecule has 9 nitrogen and oxygen atoms in total. The van der Waals surface area contributed by atoms with Gasteiger partial charge in [0.2, 0.25) is 5.71 Å². The number of hydrogen-bond donors (Lipinski definition) is 0. The summed E-state index contributed by atoms with van der Waals surface area (Å²) in [5.41, 5.74) is 13.0. The number of rotatable bonds is 5. The van der Waals surface area contributed by atoms with E-state index in [1.807, 2.05) is 115 Å². The van der Waals surface area contributed by atoms with Gasteiger partial charge in [0.1, 0.15) is 11.7 Å². The minimum atomic E-state index is 0.446. The van der Waals surface area contributed by atoms with Gasteiger partial charge in [0, 0.05) is 60.2 Å². The van der Waals surface area contributed by atoms with E-state index in [4.69, 9.17) is 14.4 Å². The van der Waals surface area contributed by atoms with E-state index in [1.54, 1.807) is 0 Å². The van der Waals surface area contributed by atoms with Gasteiger partial charge >= 0.3 is 0 Å². The summed E-state index contributed by atoms with van der Waals surface area (Å²) in [4.78, 5) is 10.1. The number of furan rings is 1. The normalized spacial score (nSPS) is 11.7. The fraction of sp³-hybridized carbons (Fsp3) is 0. The maximum atomic E-state index is 11.4. The van der Waals surface area contributed by atoms with Gasteiger partial charge < -0.3 is 18.1 Å². The Bertz CT molecular complexity index is 4610. The molecule has 0 spiro atoms. The maximum Gasteiger partial charge on any atom is 0.231 e. The Kier molecular flexibility index (Phi) is 8.27. The van der Waals surface area contributed by atoms with Gasteiger partial charge in [-0.3, -0.25) is 0 Å². The average molecular weight is 893 g/mol. The summed E-state index contributed by atoms with van der Waals surface area (Å²) in [6.07, 6.45) is 0. The van der Waals surface area contributed by atoms with E-state index in [2.05, 4.69) is 111 Å². The summed E-state index contributed by atoms with van der Waals surface area (Å²) >= 11 is 0. The Morgan fingerprint density at radius 1 is 0.400 bits per heavy atom. The van der Waals surface area contributed by atoms with Gasteiger partial charge in [-0.1, -0.05) is 121 Å². The van der Waals surface area contributed by atoms with Gasteiger partial charge in [-0.2, -0.15) is 20.8 Å². The highest BCUT2D eigenvalue weighted by atomic mass is 16.3. The van der Waals surface area contributed by atoms with Gasteiger partial charge in [0.25, 0.3) is 0 Å². The summed E-state index contributed by atoms with van der Waals surface area (Å²) in [7, 11) is 0.